The average molecular weight is 381 g/mol. The number of thiazole rings is 1. The van der Waals surface area contributed by atoms with E-state index in [2.05, 4.69) is 9.88 Å². The largest absolute Gasteiger partial charge is 0.492 e. The van der Waals surface area contributed by atoms with Crippen molar-refractivity contribution in [3.8, 4) is 16.3 Å². The van der Waals surface area contributed by atoms with E-state index in [0.717, 1.165) is 25.2 Å². The number of hydrogen-bond acceptors (Lipinski definition) is 5. The molecule has 25 heavy (non-hydrogen) atoms. The van der Waals surface area contributed by atoms with E-state index in [4.69, 9.17) is 16.3 Å². The Bertz CT molecular complexity index is 757. The Morgan fingerprint density at radius 2 is 2.16 bits per heavy atom. The molecule has 0 amide bonds. The lowest BCUT2D eigenvalue weighted by Gasteiger charge is -2.16. The van der Waals surface area contributed by atoms with Gasteiger partial charge in [-0.1, -0.05) is 18.5 Å². The number of aromatic nitrogens is 1. The zero-order chi connectivity index (χ0) is 17.8. The number of ether oxygens (including phenoxy) is 1. The number of nitrogens with zero attached hydrogens (tertiary/aromatic N) is 2. The summed E-state index contributed by atoms with van der Waals surface area (Å²) < 4.78 is 5.97. The zero-order valence-corrected chi connectivity index (χ0v) is 15.7. The molecule has 134 valence electrons. The van der Waals surface area contributed by atoms with Gasteiger partial charge in [-0.15, -0.1) is 11.3 Å². The van der Waals surface area contributed by atoms with E-state index < -0.39 is 5.97 Å². The number of carboxylic acids is 1. The summed E-state index contributed by atoms with van der Waals surface area (Å²) in [5, 5.41) is 10.6. The minimum absolute atomic E-state index is 0.278. The molecule has 0 unspecified atom stereocenters. The normalized spacial score (nSPS) is 14.8. The molecular formula is C18H21ClN2O3S. The number of likely N-dealkylation sites (tertiary alicyclic amines) is 1. The highest BCUT2D eigenvalue weighted by molar-refractivity contribution is 7.17. The van der Waals surface area contributed by atoms with Gasteiger partial charge in [0.25, 0.3) is 0 Å². The Morgan fingerprint density at radius 1 is 1.40 bits per heavy atom. The summed E-state index contributed by atoms with van der Waals surface area (Å²) in [4.78, 5) is 18.6. The predicted molar refractivity (Wildman–Crippen MR) is 100 cm³/mol. The monoisotopic (exact) mass is 380 g/mol. The lowest BCUT2D eigenvalue weighted by molar-refractivity contribution is 0.0701. The second kappa shape index (κ2) is 8.17. The minimum Gasteiger partial charge on any atom is -0.492 e. The molecule has 1 N–H and O–H groups in total. The molecule has 0 spiro atoms. The summed E-state index contributed by atoms with van der Waals surface area (Å²) in [6.07, 6.45) is 3.08. The molecular weight excluding hydrogens is 360 g/mol. The number of aryl methyl sites for hydroxylation is 1. The van der Waals surface area contributed by atoms with Gasteiger partial charge < -0.3 is 9.84 Å². The summed E-state index contributed by atoms with van der Waals surface area (Å²) in [5.41, 5.74) is 1.34. The Labute approximate surface area is 156 Å². The second-order valence-electron chi connectivity index (χ2n) is 5.99. The number of aromatic carboxylic acids is 1. The standard InChI is InChI=1S/C18H21ClN2O3S/c1-2-14-16(18(22)23)25-17(20-14)13-11-12(19)5-6-15(13)24-10-9-21-7-3-4-8-21/h5-6,11H,2-4,7-10H2,1H3,(H,22,23). The molecule has 0 atom stereocenters. The molecule has 1 aromatic heterocycles. The van der Waals surface area contributed by atoms with Crippen LogP contribution in [0.4, 0.5) is 0 Å². The lowest BCUT2D eigenvalue weighted by atomic mass is 10.2. The van der Waals surface area contributed by atoms with Crippen LogP contribution in [-0.2, 0) is 6.42 Å². The molecule has 5 nitrogen and oxygen atoms in total. The molecule has 1 aromatic carbocycles. The van der Waals surface area contributed by atoms with Crippen LogP contribution in [0.1, 0.15) is 35.1 Å². The highest BCUT2D eigenvalue weighted by atomic mass is 35.5. The fourth-order valence-electron chi connectivity index (χ4n) is 2.96. The van der Waals surface area contributed by atoms with E-state index in [1.807, 2.05) is 13.0 Å². The van der Waals surface area contributed by atoms with Crippen molar-refractivity contribution in [2.75, 3.05) is 26.2 Å². The first kappa shape index (κ1) is 18.2. The van der Waals surface area contributed by atoms with Gasteiger partial charge >= 0.3 is 5.97 Å². The quantitative estimate of drug-likeness (QED) is 0.779. The van der Waals surface area contributed by atoms with E-state index >= 15 is 0 Å². The van der Waals surface area contributed by atoms with Gasteiger partial charge in [0.2, 0.25) is 0 Å². The van der Waals surface area contributed by atoms with Crippen LogP contribution in [0.15, 0.2) is 18.2 Å². The van der Waals surface area contributed by atoms with Crippen molar-refractivity contribution in [1.82, 2.24) is 9.88 Å². The summed E-state index contributed by atoms with van der Waals surface area (Å²) >= 11 is 7.31. The summed E-state index contributed by atoms with van der Waals surface area (Å²) in [7, 11) is 0. The van der Waals surface area contributed by atoms with E-state index in [-0.39, 0.29) is 4.88 Å². The number of benzene rings is 1. The number of halogens is 1. The third kappa shape index (κ3) is 4.32. The topological polar surface area (TPSA) is 62.7 Å². The smallest absolute Gasteiger partial charge is 0.347 e. The predicted octanol–water partition coefficient (Wildman–Crippen LogP) is 4.20. The Balaban J connectivity index is 1.82. The molecule has 1 saturated heterocycles. The van der Waals surface area contributed by atoms with Crippen LogP contribution >= 0.6 is 22.9 Å². The van der Waals surface area contributed by atoms with Gasteiger partial charge in [-0.2, -0.15) is 0 Å². The SMILES string of the molecule is CCc1nc(-c2cc(Cl)ccc2OCCN2CCCC2)sc1C(=O)O. The number of carbonyl (C=O) groups is 1. The summed E-state index contributed by atoms with van der Waals surface area (Å²) in [5.74, 6) is -0.254. The van der Waals surface area contributed by atoms with Gasteiger partial charge in [0, 0.05) is 11.6 Å². The average Bonchev–Trinajstić information content (AvgIpc) is 3.25. The molecule has 2 heterocycles. The van der Waals surface area contributed by atoms with Crippen LogP contribution in [0, 0.1) is 0 Å². The van der Waals surface area contributed by atoms with Crippen LogP contribution in [0.5, 0.6) is 5.75 Å². The maximum Gasteiger partial charge on any atom is 0.347 e. The van der Waals surface area contributed by atoms with Crippen molar-refractivity contribution in [1.29, 1.82) is 0 Å². The van der Waals surface area contributed by atoms with Crippen LogP contribution in [0.3, 0.4) is 0 Å². The van der Waals surface area contributed by atoms with Gasteiger partial charge in [0.05, 0.1) is 11.3 Å². The number of hydrogen-bond donors (Lipinski definition) is 1. The van der Waals surface area contributed by atoms with E-state index in [1.165, 1.54) is 24.2 Å². The zero-order valence-electron chi connectivity index (χ0n) is 14.1. The first-order valence-electron chi connectivity index (χ1n) is 8.46. The van der Waals surface area contributed by atoms with Gasteiger partial charge in [0.15, 0.2) is 0 Å². The minimum atomic E-state index is -0.945. The van der Waals surface area contributed by atoms with E-state index in [1.54, 1.807) is 12.1 Å². The van der Waals surface area contributed by atoms with Crippen molar-refractivity contribution in [3.05, 3.63) is 33.8 Å². The molecule has 0 radical (unpaired) electrons. The fraction of sp³-hybridized carbons (Fsp3) is 0.444. The molecule has 2 aromatic rings. The molecule has 3 rings (SSSR count). The van der Waals surface area contributed by atoms with Crippen molar-refractivity contribution in [3.63, 3.8) is 0 Å². The highest BCUT2D eigenvalue weighted by Gasteiger charge is 2.20. The first-order valence-corrected chi connectivity index (χ1v) is 9.66. The maximum atomic E-state index is 11.4. The fourth-order valence-corrected chi connectivity index (χ4v) is 4.15. The molecule has 1 aliphatic heterocycles. The number of rotatable bonds is 7. The van der Waals surface area contributed by atoms with Crippen LogP contribution in [0.25, 0.3) is 10.6 Å². The second-order valence-corrected chi connectivity index (χ2v) is 7.43. The van der Waals surface area contributed by atoms with Crippen LogP contribution < -0.4 is 4.74 Å². The van der Waals surface area contributed by atoms with Gasteiger partial charge in [-0.25, -0.2) is 9.78 Å². The lowest BCUT2D eigenvalue weighted by Crippen LogP contribution is -2.25. The van der Waals surface area contributed by atoms with Gasteiger partial charge in [-0.3, -0.25) is 4.90 Å². The molecule has 0 saturated carbocycles. The van der Waals surface area contributed by atoms with Gasteiger partial charge in [0.1, 0.15) is 22.2 Å². The molecule has 0 aliphatic carbocycles. The summed E-state index contributed by atoms with van der Waals surface area (Å²) in [6.45, 7) is 5.64. The van der Waals surface area contributed by atoms with Crippen LogP contribution in [-0.4, -0.2) is 47.2 Å². The Kier molecular flexibility index (Phi) is 5.93. The molecule has 1 fully saturated rings. The van der Waals surface area contributed by atoms with Crippen molar-refractivity contribution in [2.24, 2.45) is 0 Å². The Hall–Kier alpha value is -1.63. The van der Waals surface area contributed by atoms with Crippen molar-refractivity contribution < 1.29 is 14.6 Å². The van der Waals surface area contributed by atoms with E-state index in [9.17, 15) is 9.90 Å². The van der Waals surface area contributed by atoms with Crippen molar-refractivity contribution >= 4 is 28.9 Å². The Morgan fingerprint density at radius 3 is 2.80 bits per heavy atom. The molecule has 0 bridgehead atoms. The molecule has 7 heteroatoms. The van der Waals surface area contributed by atoms with Crippen molar-refractivity contribution in [2.45, 2.75) is 26.2 Å². The highest BCUT2D eigenvalue weighted by Crippen LogP contribution is 2.36. The third-order valence-electron chi connectivity index (χ3n) is 4.26. The van der Waals surface area contributed by atoms with E-state index in [0.29, 0.717) is 34.5 Å². The molecule has 1 aliphatic rings. The van der Waals surface area contributed by atoms with Gasteiger partial charge in [-0.05, 0) is 50.6 Å². The van der Waals surface area contributed by atoms with Crippen LogP contribution in [0.2, 0.25) is 5.02 Å². The maximum absolute atomic E-state index is 11.4. The summed E-state index contributed by atoms with van der Waals surface area (Å²) in [6, 6.07) is 5.40. The number of carboxylic acid groups (broad SMARTS) is 1. The third-order valence-corrected chi connectivity index (χ3v) is 5.62. The first-order chi connectivity index (χ1) is 12.1.